The summed E-state index contributed by atoms with van der Waals surface area (Å²) in [7, 11) is 0. The zero-order valence-electron chi connectivity index (χ0n) is 14.9. The van der Waals surface area contributed by atoms with E-state index in [-0.39, 0.29) is 11.8 Å². The van der Waals surface area contributed by atoms with Crippen LogP contribution < -0.4 is 5.32 Å². The highest BCUT2D eigenvalue weighted by Crippen LogP contribution is 2.29. The van der Waals surface area contributed by atoms with Crippen LogP contribution in [-0.4, -0.2) is 36.3 Å². The minimum Gasteiger partial charge on any atom is -0.356 e. The molecule has 1 aromatic heterocycles. The van der Waals surface area contributed by atoms with Gasteiger partial charge in [0.1, 0.15) is 0 Å². The van der Waals surface area contributed by atoms with Crippen molar-refractivity contribution in [2.24, 2.45) is 5.92 Å². The van der Waals surface area contributed by atoms with Crippen molar-refractivity contribution in [3.8, 4) is 0 Å². The van der Waals surface area contributed by atoms with Crippen molar-refractivity contribution in [2.75, 3.05) is 19.6 Å². The van der Waals surface area contributed by atoms with Crippen molar-refractivity contribution in [1.82, 2.24) is 10.2 Å². The summed E-state index contributed by atoms with van der Waals surface area (Å²) < 4.78 is 0. The van der Waals surface area contributed by atoms with Crippen LogP contribution in [0, 0.1) is 5.92 Å². The van der Waals surface area contributed by atoms with Gasteiger partial charge in [0.15, 0.2) is 0 Å². The molecule has 2 heterocycles. The van der Waals surface area contributed by atoms with E-state index in [4.69, 9.17) is 0 Å². The van der Waals surface area contributed by atoms with Gasteiger partial charge in [-0.1, -0.05) is 18.2 Å². The second kappa shape index (κ2) is 9.24. The largest absolute Gasteiger partial charge is 0.356 e. The van der Waals surface area contributed by atoms with Crippen molar-refractivity contribution in [1.29, 1.82) is 0 Å². The van der Waals surface area contributed by atoms with Crippen molar-refractivity contribution >= 4 is 34.9 Å². The van der Waals surface area contributed by atoms with Gasteiger partial charge in [0, 0.05) is 42.1 Å². The third-order valence-electron chi connectivity index (χ3n) is 4.61. The standard InChI is InChI=1S/C20H24N2O2S2/c1-15(23)21-13-16-8-10-22(11-9-16)20(24)18-6-2-3-7-19(18)26-14-17-5-4-12-25-17/h2-7,12,16H,8-11,13-14H2,1H3,(H,21,23). The van der Waals surface area contributed by atoms with Gasteiger partial charge in [-0.05, 0) is 42.3 Å². The predicted molar refractivity (Wildman–Crippen MR) is 108 cm³/mol. The fraction of sp³-hybridized carbons (Fsp3) is 0.400. The number of carbonyl (C=O) groups is 2. The van der Waals surface area contributed by atoms with E-state index in [2.05, 4.69) is 22.8 Å². The molecule has 1 aliphatic heterocycles. The molecule has 0 bridgehead atoms. The lowest BCUT2D eigenvalue weighted by Crippen LogP contribution is -2.41. The maximum Gasteiger partial charge on any atom is 0.254 e. The first-order valence-electron chi connectivity index (χ1n) is 8.91. The van der Waals surface area contributed by atoms with Gasteiger partial charge < -0.3 is 10.2 Å². The summed E-state index contributed by atoms with van der Waals surface area (Å²) in [6.07, 6.45) is 1.88. The molecule has 0 radical (unpaired) electrons. The van der Waals surface area contributed by atoms with Gasteiger partial charge >= 0.3 is 0 Å². The summed E-state index contributed by atoms with van der Waals surface area (Å²) in [6.45, 7) is 3.77. The number of rotatable bonds is 6. The number of thioether (sulfide) groups is 1. The molecule has 0 aliphatic carbocycles. The lowest BCUT2D eigenvalue weighted by atomic mass is 9.96. The summed E-state index contributed by atoms with van der Waals surface area (Å²) >= 11 is 3.47. The molecule has 1 fully saturated rings. The number of hydrogen-bond donors (Lipinski definition) is 1. The number of benzene rings is 1. The molecule has 0 spiro atoms. The van der Waals surface area contributed by atoms with Gasteiger partial charge in [-0.2, -0.15) is 0 Å². The molecule has 6 heteroatoms. The molecule has 4 nitrogen and oxygen atoms in total. The molecule has 0 unspecified atom stereocenters. The van der Waals surface area contributed by atoms with E-state index in [9.17, 15) is 9.59 Å². The van der Waals surface area contributed by atoms with Gasteiger partial charge in [-0.15, -0.1) is 23.1 Å². The van der Waals surface area contributed by atoms with Gasteiger partial charge in [0.2, 0.25) is 5.91 Å². The first-order valence-corrected chi connectivity index (χ1v) is 10.8. The molecule has 1 aromatic carbocycles. The highest BCUT2D eigenvalue weighted by atomic mass is 32.2. The maximum absolute atomic E-state index is 13.0. The van der Waals surface area contributed by atoms with Crippen LogP contribution in [-0.2, 0) is 10.5 Å². The lowest BCUT2D eigenvalue weighted by Gasteiger charge is -2.32. The Bertz CT molecular complexity index is 738. The van der Waals surface area contributed by atoms with Crippen LogP contribution in [0.3, 0.4) is 0 Å². The predicted octanol–water partition coefficient (Wildman–Crippen LogP) is 4.03. The molecule has 138 valence electrons. The van der Waals surface area contributed by atoms with E-state index in [1.54, 1.807) is 30.0 Å². The van der Waals surface area contributed by atoms with Crippen molar-refractivity contribution < 1.29 is 9.59 Å². The fourth-order valence-corrected chi connectivity index (χ4v) is 4.93. The number of amides is 2. The minimum absolute atomic E-state index is 0.0141. The summed E-state index contributed by atoms with van der Waals surface area (Å²) in [5.41, 5.74) is 0.800. The van der Waals surface area contributed by atoms with Crippen LogP contribution in [0.1, 0.15) is 35.0 Å². The molecule has 1 aliphatic rings. The molecule has 3 rings (SSSR count). The van der Waals surface area contributed by atoms with E-state index in [1.165, 1.54) is 4.88 Å². The molecule has 1 N–H and O–H groups in total. The molecule has 0 atom stereocenters. The Morgan fingerprint density at radius 3 is 2.65 bits per heavy atom. The van der Waals surface area contributed by atoms with E-state index < -0.39 is 0 Å². The van der Waals surface area contributed by atoms with Crippen molar-refractivity contribution in [2.45, 2.75) is 30.4 Å². The molecular formula is C20H24N2O2S2. The van der Waals surface area contributed by atoms with Crippen LogP contribution in [0.4, 0.5) is 0 Å². The number of carbonyl (C=O) groups excluding carboxylic acids is 2. The fourth-order valence-electron chi connectivity index (χ4n) is 3.11. The van der Waals surface area contributed by atoms with Gasteiger partial charge in [0.05, 0.1) is 5.56 Å². The molecule has 2 amide bonds. The molecule has 1 saturated heterocycles. The summed E-state index contributed by atoms with van der Waals surface area (Å²) in [5.74, 6) is 1.49. The Balaban J connectivity index is 1.59. The monoisotopic (exact) mass is 388 g/mol. The van der Waals surface area contributed by atoms with Crippen LogP contribution >= 0.6 is 23.1 Å². The van der Waals surface area contributed by atoms with Crippen LogP contribution in [0.15, 0.2) is 46.7 Å². The number of piperidine rings is 1. The highest BCUT2D eigenvalue weighted by molar-refractivity contribution is 7.98. The Kier molecular flexibility index (Phi) is 6.74. The van der Waals surface area contributed by atoms with E-state index in [0.717, 1.165) is 42.1 Å². The topological polar surface area (TPSA) is 49.4 Å². The summed E-state index contributed by atoms with van der Waals surface area (Å²) in [6, 6.07) is 12.1. The van der Waals surface area contributed by atoms with E-state index in [1.807, 2.05) is 29.2 Å². The maximum atomic E-state index is 13.0. The molecule has 26 heavy (non-hydrogen) atoms. The van der Waals surface area contributed by atoms with Gasteiger partial charge in [-0.25, -0.2) is 0 Å². The Morgan fingerprint density at radius 1 is 1.19 bits per heavy atom. The first-order chi connectivity index (χ1) is 12.6. The quantitative estimate of drug-likeness (QED) is 0.760. The highest BCUT2D eigenvalue weighted by Gasteiger charge is 2.25. The number of nitrogens with one attached hydrogen (secondary N) is 1. The van der Waals surface area contributed by atoms with E-state index in [0.29, 0.717) is 12.5 Å². The van der Waals surface area contributed by atoms with Gasteiger partial charge in [0.25, 0.3) is 5.91 Å². The third-order valence-corrected chi connectivity index (χ3v) is 6.79. The second-order valence-corrected chi connectivity index (χ2v) is 8.59. The second-order valence-electron chi connectivity index (χ2n) is 6.54. The Morgan fingerprint density at radius 2 is 1.96 bits per heavy atom. The van der Waals surface area contributed by atoms with Crippen LogP contribution in [0.5, 0.6) is 0 Å². The Labute approximate surface area is 163 Å². The number of likely N-dealkylation sites (tertiary alicyclic amines) is 1. The smallest absolute Gasteiger partial charge is 0.254 e. The van der Waals surface area contributed by atoms with E-state index >= 15 is 0 Å². The van der Waals surface area contributed by atoms with Crippen molar-refractivity contribution in [3.63, 3.8) is 0 Å². The SMILES string of the molecule is CC(=O)NCC1CCN(C(=O)c2ccccc2SCc2cccs2)CC1. The Hall–Kier alpha value is -1.79. The number of hydrogen-bond acceptors (Lipinski definition) is 4. The first kappa shape index (κ1) is 19.0. The zero-order valence-corrected chi connectivity index (χ0v) is 16.6. The molecule has 0 saturated carbocycles. The summed E-state index contributed by atoms with van der Waals surface area (Å²) in [5, 5.41) is 4.97. The molecule has 2 aromatic rings. The lowest BCUT2D eigenvalue weighted by molar-refractivity contribution is -0.119. The average molecular weight is 389 g/mol. The van der Waals surface area contributed by atoms with Gasteiger partial charge in [-0.3, -0.25) is 9.59 Å². The third kappa shape index (κ3) is 5.11. The van der Waals surface area contributed by atoms with Crippen LogP contribution in [0.25, 0.3) is 0 Å². The van der Waals surface area contributed by atoms with Crippen LogP contribution in [0.2, 0.25) is 0 Å². The molecular weight excluding hydrogens is 364 g/mol. The number of thiophene rings is 1. The number of nitrogens with zero attached hydrogens (tertiary/aromatic N) is 1. The normalized spacial score (nSPS) is 15.0. The van der Waals surface area contributed by atoms with Crippen molar-refractivity contribution in [3.05, 3.63) is 52.2 Å². The zero-order chi connectivity index (χ0) is 18.4. The summed E-state index contributed by atoms with van der Waals surface area (Å²) in [4.78, 5) is 28.4. The minimum atomic E-state index is 0.0141. The average Bonchev–Trinajstić information content (AvgIpc) is 3.18.